The molecule has 0 bridgehead atoms. The van der Waals surface area contributed by atoms with Crippen LogP contribution in [-0.4, -0.2) is 5.91 Å². The van der Waals surface area contributed by atoms with Crippen molar-refractivity contribution in [3.8, 4) is 0 Å². The highest BCUT2D eigenvalue weighted by atomic mass is 32.1. The molecule has 1 N–H and O–H groups in total. The van der Waals surface area contributed by atoms with Crippen LogP contribution in [0, 0.1) is 12.7 Å². The number of hydrogen-bond acceptors (Lipinski definition) is 2. The standard InChI is InChI=1S/C14H14FNOS/c1-3-11-6-7-13(18-11)14(17)16-12-8-10(15)5-4-9(12)2/h4-8H,3H2,1-2H3,(H,16,17). The van der Waals surface area contributed by atoms with Crippen molar-refractivity contribution in [3.63, 3.8) is 0 Å². The van der Waals surface area contributed by atoms with E-state index in [4.69, 9.17) is 0 Å². The molecule has 2 rings (SSSR count). The summed E-state index contributed by atoms with van der Waals surface area (Å²) in [5.41, 5.74) is 1.36. The second kappa shape index (κ2) is 5.31. The fourth-order valence-electron chi connectivity index (χ4n) is 1.60. The van der Waals surface area contributed by atoms with Gasteiger partial charge in [0.05, 0.1) is 4.88 Å². The lowest BCUT2D eigenvalue weighted by Gasteiger charge is -2.07. The zero-order chi connectivity index (χ0) is 13.1. The SMILES string of the molecule is CCc1ccc(C(=O)Nc2cc(F)ccc2C)s1. The highest BCUT2D eigenvalue weighted by Crippen LogP contribution is 2.21. The molecule has 0 aliphatic heterocycles. The summed E-state index contributed by atoms with van der Waals surface area (Å²) in [6.07, 6.45) is 0.914. The van der Waals surface area contributed by atoms with E-state index in [-0.39, 0.29) is 11.7 Å². The Morgan fingerprint density at radius 3 is 2.78 bits per heavy atom. The molecule has 1 aromatic carbocycles. The summed E-state index contributed by atoms with van der Waals surface area (Å²) < 4.78 is 13.1. The van der Waals surface area contributed by atoms with Gasteiger partial charge in [0.2, 0.25) is 0 Å². The lowest BCUT2D eigenvalue weighted by molar-refractivity contribution is 0.103. The number of aryl methyl sites for hydroxylation is 2. The van der Waals surface area contributed by atoms with Crippen molar-refractivity contribution < 1.29 is 9.18 Å². The van der Waals surface area contributed by atoms with E-state index in [1.807, 2.05) is 19.9 Å². The number of anilines is 1. The maximum Gasteiger partial charge on any atom is 0.265 e. The van der Waals surface area contributed by atoms with Gasteiger partial charge in [0.1, 0.15) is 5.82 Å². The Labute approximate surface area is 109 Å². The summed E-state index contributed by atoms with van der Waals surface area (Å²) in [5, 5.41) is 2.74. The van der Waals surface area contributed by atoms with E-state index in [1.165, 1.54) is 23.5 Å². The predicted molar refractivity (Wildman–Crippen MR) is 72.8 cm³/mol. The van der Waals surface area contributed by atoms with Crippen molar-refractivity contribution in [2.24, 2.45) is 0 Å². The van der Waals surface area contributed by atoms with Crippen molar-refractivity contribution in [1.82, 2.24) is 0 Å². The van der Waals surface area contributed by atoms with Gasteiger partial charge in [-0.05, 0) is 43.2 Å². The Balaban J connectivity index is 2.18. The van der Waals surface area contributed by atoms with Gasteiger partial charge in [-0.3, -0.25) is 4.79 Å². The molecule has 94 valence electrons. The number of thiophene rings is 1. The van der Waals surface area contributed by atoms with Crippen molar-refractivity contribution in [2.75, 3.05) is 5.32 Å². The Hall–Kier alpha value is -1.68. The second-order valence-corrected chi connectivity index (χ2v) is 5.20. The molecule has 1 aromatic heterocycles. The van der Waals surface area contributed by atoms with Crippen LogP contribution in [0.2, 0.25) is 0 Å². The van der Waals surface area contributed by atoms with Crippen LogP contribution in [-0.2, 0) is 6.42 Å². The summed E-state index contributed by atoms with van der Waals surface area (Å²) in [5.74, 6) is -0.537. The molecule has 0 unspecified atom stereocenters. The third kappa shape index (κ3) is 2.76. The molecule has 0 saturated heterocycles. The van der Waals surface area contributed by atoms with Gasteiger partial charge in [-0.1, -0.05) is 13.0 Å². The van der Waals surface area contributed by atoms with E-state index >= 15 is 0 Å². The first-order valence-corrected chi connectivity index (χ1v) is 6.58. The van der Waals surface area contributed by atoms with Crippen LogP contribution >= 0.6 is 11.3 Å². The first kappa shape index (κ1) is 12.8. The van der Waals surface area contributed by atoms with Gasteiger partial charge in [0.25, 0.3) is 5.91 Å². The van der Waals surface area contributed by atoms with E-state index in [0.717, 1.165) is 16.9 Å². The average molecular weight is 263 g/mol. The second-order valence-electron chi connectivity index (χ2n) is 4.03. The van der Waals surface area contributed by atoms with Gasteiger partial charge in [-0.2, -0.15) is 0 Å². The molecular weight excluding hydrogens is 249 g/mol. The summed E-state index contributed by atoms with van der Waals surface area (Å²) in [7, 11) is 0. The van der Waals surface area contributed by atoms with Crippen LogP contribution < -0.4 is 5.32 Å². The zero-order valence-electron chi connectivity index (χ0n) is 10.3. The zero-order valence-corrected chi connectivity index (χ0v) is 11.1. The molecule has 2 aromatic rings. The summed E-state index contributed by atoms with van der Waals surface area (Å²) in [4.78, 5) is 13.8. The van der Waals surface area contributed by atoms with E-state index < -0.39 is 0 Å². The van der Waals surface area contributed by atoms with E-state index in [9.17, 15) is 9.18 Å². The van der Waals surface area contributed by atoms with E-state index in [1.54, 1.807) is 12.1 Å². The van der Waals surface area contributed by atoms with Crippen LogP contribution in [0.5, 0.6) is 0 Å². The minimum Gasteiger partial charge on any atom is -0.321 e. The Morgan fingerprint density at radius 2 is 2.11 bits per heavy atom. The number of benzene rings is 1. The fraction of sp³-hybridized carbons (Fsp3) is 0.214. The van der Waals surface area contributed by atoms with Crippen molar-refractivity contribution >= 4 is 22.9 Å². The molecule has 0 atom stereocenters. The third-order valence-corrected chi connectivity index (χ3v) is 3.91. The lowest BCUT2D eigenvalue weighted by atomic mass is 10.2. The third-order valence-electron chi connectivity index (χ3n) is 2.68. The molecular formula is C14H14FNOS. The molecule has 0 fully saturated rings. The summed E-state index contributed by atoms with van der Waals surface area (Å²) >= 11 is 1.46. The molecule has 0 spiro atoms. The topological polar surface area (TPSA) is 29.1 Å². The number of carbonyl (C=O) groups is 1. The number of carbonyl (C=O) groups excluding carboxylic acids is 1. The minimum atomic E-state index is -0.351. The summed E-state index contributed by atoms with van der Waals surface area (Å²) in [6, 6.07) is 8.11. The number of rotatable bonds is 3. The van der Waals surface area contributed by atoms with Crippen LogP contribution in [0.25, 0.3) is 0 Å². The fourth-order valence-corrected chi connectivity index (χ4v) is 2.45. The molecule has 0 radical (unpaired) electrons. The number of halogens is 1. The van der Waals surface area contributed by atoms with Gasteiger partial charge < -0.3 is 5.32 Å². The first-order valence-electron chi connectivity index (χ1n) is 5.76. The van der Waals surface area contributed by atoms with Crippen molar-refractivity contribution in [3.05, 3.63) is 51.5 Å². The smallest absolute Gasteiger partial charge is 0.265 e. The number of nitrogens with one attached hydrogen (secondary N) is 1. The van der Waals surface area contributed by atoms with Crippen LogP contribution in [0.15, 0.2) is 30.3 Å². The number of hydrogen-bond donors (Lipinski definition) is 1. The van der Waals surface area contributed by atoms with Crippen molar-refractivity contribution in [1.29, 1.82) is 0 Å². The molecule has 1 heterocycles. The molecule has 0 aliphatic rings. The highest BCUT2D eigenvalue weighted by molar-refractivity contribution is 7.14. The molecule has 4 heteroatoms. The minimum absolute atomic E-state index is 0.187. The Morgan fingerprint density at radius 1 is 1.33 bits per heavy atom. The van der Waals surface area contributed by atoms with Gasteiger partial charge in [-0.15, -0.1) is 11.3 Å². The van der Waals surface area contributed by atoms with Crippen LogP contribution in [0.1, 0.15) is 27.0 Å². The molecule has 1 amide bonds. The molecule has 0 saturated carbocycles. The van der Waals surface area contributed by atoms with E-state index in [2.05, 4.69) is 5.32 Å². The van der Waals surface area contributed by atoms with Gasteiger partial charge in [0, 0.05) is 10.6 Å². The van der Waals surface area contributed by atoms with Gasteiger partial charge >= 0.3 is 0 Å². The largest absolute Gasteiger partial charge is 0.321 e. The van der Waals surface area contributed by atoms with Gasteiger partial charge in [0.15, 0.2) is 0 Å². The normalized spacial score (nSPS) is 10.4. The molecule has 18 heavy (non-hydrogen) atoms. The highest BCUT2D eigenvalue weighted by Gasteiger charge is 2.10. The quantitative estimate of drug-likeness (QED) is 0.890. The Bertz CT molecular complexity index is 577. The van der Waals surface area contributed by atoms with Crippen molar-refractivity contribution in [2.45, 2.75) is 20.3 Å². The predicted octanol–water partition coefficient (Wildman–Crippen LogP) is 4.01. The van der Waals surface area contributed by atoms with Gasteiger partial charge in [-0.25, -0.2) is 4.39 Å². The average Bonchev–Trinajstić information content (AvgIpc) is 2.82. The van der Waals surface area contributed by atoms with Crippen LogP contribution in [0.4, 0.5) is 10.1 Å². The monoisotopic (exact) mass is 263 g/mol. The maximum atomic E-state index is 13.1. The summed E-state index contributed by atoms with van der Waals surface area (Å²) in [6.45, 7) is 3.88. The Kier molecular flexibility index (Phi) is 3.77. The van der Waals surface area contributed by atoms with Crippen LogP contribution in [0.3, 0.4) is 0 Å². The first-order chi connectivity index (χ1) is 8.60. The lowest BCUT2D eigenvalue weighted by Crippen LogP contribution is -2.11. The maximum absolute atomic E-state index is 13.1. The molecule has 0 aliphatic carbocycles. The van der Waals surface area contributed by atoms with E-state index in [0.29, 0.717) is 10.6 Å². The molecule has 2 nitrogen and oxygen atoms in total. The number of amides is 1.